The Morgan fingerprint density at radius 1 is 1.19 bits per heavy atom. The van der Waals surface area contributed by atoms with Crippen LogP contribution in [0.2, 0.25) is 0 Å². The van der Waals surface area contributed by atoms with Crippen LogP contribution in [0.4, 0.5) is 0 Å². The summed E-state index contributed by atoms with van der Waals surface area (Å²) < 4.78 is 12.9. The Balaban J connectivity index is 1.44. The predicted octanol–water partition coefficient (Wildman–Crippen LogP) is 2.75. The van der Waals surface area contributed by atoms with Crippen molar-refractivity contribution in [3.63, 3.8) is 0 Å². The van der Waals surface area contributed by atoms with Crippen LogP contribution >= 0.6 is 0 Å². The fourth-order valence-electron chi connectivity index (χ4n) is 3.27. The van der Waals surface area contributed by atoms with Crippen molar-refractivity contribution in [3.05, 3.63) is 47.4 Å². The second-order valence-electron chi connectivity index (χ2n) is 6.73. The normalized spacial score (nSPS) is 12.9. The van der Waals surface area contributed by atoms with Crippen molar-refractivity contribution in [1.29, 1.82) is 0 Å². The molecule has 136 valence electrons. The fourth-order valence-corrected chi connectivity index (χ4v) is 3.27. The Morgan fingerprint density at radius 2 is 2.04 bits per heavy atom. The third-order valence-electron chi connectivity index (χ3n) is 4.62. The number of likely N-dealkylation sites (N-methyl/N-ethyl adjacent to an activating group) is 1. The summed E-state index contributed by atoms with van der Waals surface area (Å²) in [5.74, 6) is 1.57. The summed E-state index contributed by atoms with van der Waals surface area (Å²) in [6.07, 6.45) is 1.89. The van der Waals surface area contributed by atoms with Gasteiger partial charge in [-0.1, -0.05) is 0 Å². The van der Waals surface area contributed by atoms with E-state index in [2.05, 4.69) is 44.9 Å². The Kier molecular flexibility index (Phi) is 4.38. The van der Waals surface area contributed by atoms with Gasteiger partial charge in [0, 0.05) is 29.9 Å². The molecule has 0 radical (unpaired) electrons. The first-order valence-electron chi connectivity index (χ1n) is 8.72. The first-order chi connectivity index (χ1) is 12.6. The lowest BCUT2D eigenvalue weighted by Gasteiger charge is -2.17. The zero-order valence-electron chi connectivity index (χ0n) is 15.3. The Bertz CT molecular complexity index is 915. The van der Waals surface area contributed by atoms with E-state index < -0.39 is 0 Å². The fraction of sp³-hybridized carbons (Fsp3) is 0.368. The number of aromatic amines is 1. The number of rotatable bonds is 6. The van der Waals surface area contributed by atoms with Crippen molar-refractivity contribution < 1.29 is 9.47 Å². The molecule has 7 heteroatoms. The minimum Gasteiger partial charge on any atom is -0.454 e. The zero-order valence-corrected chi connectivity index (χ0v) is 15.3. The van der Waals surface area contributed by atoms with E-state index in [1.54, 1.807) is 0 Å². The van der Waals surface area contributed by atoms with Crippen LogP contribution in [-0.2, 0) is 13.1 Å². The number of benzene rings is 1. The summed E-state index contributed by atoms with van der Waals surface area (Å²) in [6.45, 7) is 6.98. The number of aromatic nitrogens is 4. The average molecular weight is 353 g/mol. The van der Waals surface area contributed by atoms with Crippen molar-refractivity contribution in [2.75, 3.05) is 20.4 Å². The maximum Gasteiger partial charge on any atom is 0.231 e. The van der Waals surface area contributed by atoms with Gasteiger partial charge in [0.1, 0.15) is 0 Å². The van der Waals surface area contributed by atoms with Crippen molar-refractivity contribution in [2.24, 2.45) is 0 Å². The first-order valence-corrected chi connectivity index (χ1v) is 8.72. The summed E-state index contributed by atoms with van der Waals surface area (Å²) in [4.78, 5) is 2.28. The zero-order chi connectivity index (χ0) is 18.1. The summed E-state index contributed by atoms with van der Waals surface area (Å²) in [5, 5.41) is 11.9. The largest absolute Gasteiger partial charge is 0.454 e. The molecule has 0 bridgehead atoms. The number of fused-ring (bicyclic) bond motifs is 1. The third-order valence-corrected chi connectivity index (χ3v) is 4.62. The van der Waals surface area contributed by atoms with Crippen molar-refractivity contribution in [2.45, 2.75) is 26.9 Å². The number of hydrogen-bond donors (Lipinski definition) is 1. The van der Waals surface area contributed by atoms with Crippen LogP contribution in [0.3, 0.4) is 0 Å². The lowest BCUT2D eigenvalue weighted by Crippen LogP contribution is -2.23. The highest BCUT2D eigenvalue weighted by atomic mass is 16.7. The quantitative estimate of drug-likeness (QED) is 0.738. The monoisotopic (exact) mass is 353 g/mol. The number of nitrogens with zero attached hydrogens (tertiary/aromatic N) is 4. The van der Waals surface area contributed by atoms with E-state index in [0.29, 0.717) is 0 Å². The third kappa shape index (κ3) is 3.30. The molecule has 1 aliphatic rings. The summed E-state index contributed by atoms with van der Waals surface area (Å²) >= 11 is 0. The number of nitrogens with one attached hydrogen (secondary N) is 1. The highest BCUT2D eigenvalue weighted by molar-refractivity contribution is 5.66. The molecule has 3 aromatic rings. The van der Waals surface area contributed by atoms with Gasteiger partial charge in [-0.3, -0.25) is 9.78 Å². The van der Waals surface area contributed by atoms with Gasteiger partial charge in [-0.2, -0.15) is 10.2 Å². The van der Waals surface area contributed by atoms with Crippen molar-refractivity contribution >= 4 is 0 Å². The molecule has 0 aliphatic carbocycles. The van der Waals surface area contributed by atoms with Gasteiger partial charge >= 0.3 is 0 Å². The molecule has 0 saturated carbocycles. The summed E-state index contributed by atoms with van der Waals surface area (Å²) in [5.41, 5.74) is 5.47. The highest BCUT2D eigenvalue weighted by Crippen LogP contribution is 2.36. The van der Waals surface area contributed by atoms with E-state index in [-0.39, 0.29) is 6.79 Å². The highest BCUT2D eigenvalue weighted by Gasteiger charge is 2.17. The molecule has 7 nitrogen and oxygen atoms in total. The van der Waals surface area contributed by atoms with E-state index in [9.17, 15) is 0 Å². The number of aryl methyl sites for hydroxylation is 2. The lowest BCUT2D eigenvalue weighted by atomic mass is 10.1. The Morgan fingerprint density at radius 3 is 2.85 bits per heavy atom. The summed E-state index contributed by atoms with van der Waals surface area (Å²) in [7, 11) is 2.11. The average Bonchev–Trinajstić information content (AvgIpc) is 3.32. The van der Waals surface area contributed by atoms with Gasteiger partial charge in [0.2, 0.25) is 6.79 Å². The van der Waals surface area contributed by atoms with Gasteiger partial charge in [0.05, 0.1) is 24.1 Å². The molecule has 26 heavy (non-hydrogen) atoms. The van der Waals surface area contributed by atoms with Crippen LogP contribution in [0.15, 0.2) is 30.5 Å². The lowest BCUT2D eigenvalue weighted by molar-refractivity contribution is 0.174. The van der Waals surface area contributed by atoms with Crippen LogP contribution in [0.5, 0.6) is 11.5 Å². The predicted molar refractivity (Wildman–Crippen MR) is 98.2 cm³/mol. The molecule has 0 unspecified atom stereocenters. The second kappa shape index (κ2) is 6.84. The van der Waals surface area contributed by atoms with E-state index in [1.165, 1.54) is 5.69 Å². The van der Waals surface area contributed by atoms with Crippen LogP contribution in [0.25, 0.3) is 11.3 Å². The molecule has 2 aromatic heterocycles. The Labute approximate surface area is 152 Å². The smallest absolute Gasteiger partial charge is 0.231 e. The molecular formula is C19H23N5O2. The van der Waals surface area contributed by atoms with Gasteiger partial charge in [0.25, 0.3) is 0 Å². The molecule has 4 rings (SSSR count). The van der Waals surface area contributed by atoms with Gasteiger partial charge in [-0.05, 0) is 45.2 Å². The molecule has 3 heterocycles. The van der Waals surface area contributed by atoms with Crippen LogP contribution in [0, 0.1) is 13.8 Å². The molecular weight excluding hydrogens is 330 g/mol. The number of ether oxygens (including phenoxy) is 2. The second-order valence-corrected chi connectivity index (χ2v) is 6.73. The van der Waals surface area contributed by atoms with Gasteiger partial charge in [0.15, 0.2) is 11.5 Å². The van der Waals surface area contributed by atoms with E-state index in [1.807, 2.05) is 31.3 Å². The maximum atomic E-state index is 5.48. The van der Waals surface area contributed by atoms with Gasteiger partial charge in [-0.25, -0.2) is 0 Å². The van der Waals surface area contributed by atoms with Crippen molar-refractivity contribution in [3.8, 4) is 22.8 Å². The SMILES string of the molecule is Cc1cc(C)n(CCN(C)Cc2cn[nH]c2-c2ccc3c(c2)OCO3)n1. The number of H-pyrrole nitrogens is 1. The van der Waals surface area contributed by atoms with E-state index in [0.717, 1.165) is 53.6 Å². The standard InChI is InChI=1S/C19H23N5O2/c1-13-8-14(2)24(22-13)7-6-23(3)11-16-10-20-21-19(16)15-4-5-17-18(9-15)26-12-25-17/h4-5,8-10H,6-7,11-12H2,1-3H3,(H,20,21). The van der Waals surface area contributed by atoms with Crippen LogP contribution in [0.1, 0.15) is 17.0 Å². The Hall–Kier alpha value is -2.80. The van der Waals surface area contributed by atoms with E-state index >= 15 is 0 Å². The molecule has 1 aromatic carbocycles. The maximum absolute atomic E-state index is 5.48. The van der Waals surface area contributed by atoms with Gasteiger partial charge < -0.3 is 14.4 Å². The topological polar surface area (TPSA) is 68.2 Å². The van der Waals surface area contributed by atoms with Crippen LogP contribution in [-0.4, -0.2) is 45.3 Å². The molecule has 1 aliphatic heterocycles. The molecule has 0 amide bonds. The molecule has 0 saturated heterocycles. The molecule has 0 fully saturated rings. The molecule has 0 spiro atoms. The van der Waals surface area contributed by atoms with Crippen molar-refractivity contribution in [1.82, 2.24) is 24.9 Å². The summed E-state index contributed by atoms with van der Waals surface area (Å²) in [6, 6.07) is 8.07. The van der Waals surface area contributed by atoms with Crippen LogP contribution < -0.4 is 9.47 Å². The minimum absolute atomic E-state index is 0.281. The first kappa shape index (κ1) is 16.7. The number of hydrogen-bond acceptors (Lipinski definition) is 5. The van der Waals surface area contributed by atoms with Gasteiger partial charge in [-0.15, -0.1) is 0 Å². The molecule has 0 atom stereocenters. The minimum atomic E-state index is 0.281. The molecule has 1 N–H and O–H groups in total. The van der Waals surface area contributed by atoms with E-state index in [4.69, 9.17) is 9.47 Å².